The average Bonchev–Trinajstić information content (AvgIpc) is 3.07. The average molecular weight is 654 g/mol. The number of benzene rings is 5. The Morgan fingerprint density at radius 2 is 1.47 bits per heavy atom. The summed E-state index contributed by atoms with van der Waals surface area (Å²) in [6, 6.07) is 34.1. The maximum atomic E-state index is 13.8. The van der Waals surface area contributed by atoms with E-state index in [-0.39, 0.29) is 34.3 Å². The van der Waals surface area contributed by atoms with Crippen LogP contribution in [-0.4, -0.2) is 42.6 Å². The van der Waals surface area contributed by atoms with Crippen molar-refractivity contribution in [1.82, 2.24) is 4.90 Å². The van der Waals surface area contributed by atoms with Crippen LogP contribution in [0.1, 0.15) is 44.3 Å². The minimum Gasteiger partial charge on any atom is -0.488 e. The van der Waals surface area contributed by atoms with Crippen LogP contribution in [0.5, 0.6) is 5.75 Å². The Hall–Kier alpha value is -4.83. The number of aryl methyl sites for hydroxylation is 1. The molecule has 1 atom stereocenters. The SMILES string of the molecule is Cc1cc(S(=O)(=O)c2ccc(CCN(Cc3ccccc3)C[C@@H](O)c3cccc(F)c3)cc2)cc(C(=O)O)c1OCc1ccccc1. The molecule has 0 aliphatic carbocycles. The number of aliphatic hydroxyl groups is 1. The number of sulfone groups is 1. The van der Waals surface area contributed by atoms with Gasteiger partial charge in [0, 0.05) is 19.6 Å². The van der Waals surface area contributed by atoms with Crippen LogP contribution in [0.4, 0.5) is 4.39 Å². The number of hydrogen-bond donors (Lipinski definition) is 2. The van der Waals surface area contributed by atoms with Crippen molar-refractivity contribution in [3.05, 3.63) is 161 Å². The van der Waals surface area contributed by atoms with E-state index < -0.39 is 27.7 Å². The molecule has 0 amide bonds. The summed E-state index contributed by atoms with van der Waals surface area (Å²) in [6.07, 6.45) is -0.324. The third-order valence-electron chi connectivity index (χ3n) is 7.88. The molecule has 242 valence electrons. The fourth-order valence-electron chi connectivity index (χ4n) is 5.38. The van der Waals surface area contributed by atoms with Crippen molar-refractivity contribution in [2.75, 3.05) is 13.1 Å². The van der Waals surface area contributed by atoms with E-state index in [1.165, 1.54) is 30.3 Å². The molecule has 0 aliphatic rings. The van der Waals surface area contributed by atoms with Crippen molar-refractivity contribution in [3.8, 4) is 5.75 Å². The molecule has 2 N–H and O–H groups in total. The standard InChI is InChI=1S/C38H36FNO6S/c1-27-21-34(23-35(38(42)43)37(27)46-26-30-11-6-3-7-12-30)47(44,45)33-17-15-28(16-18-33)19-20-40(24-29-9-4-2-5-10-29)25-36(41)31-13-8-14-32(39)22-31/h2-18,21-23,36,41H,19-20,24-26H2,1H3,(H,42,43)/t36-/m1/s1. The third-order valence-corrected chi connectivity index (χ3v) is 9.63. The van der Waals surface area contributed by atoms with E-state index >= 15 is 0 Å². The number of aromatic carboxylic acids is 1. The molecule has 47 heavy (non-hydrogen) atoms. The van der Waals surface area contributed by atoms with E-state index in [0.29, 0.717) is 30.6 Å². The lowest BCUT2D eigenvalue weighted by molar-refractivity contribution is 0.0691. The van der Waals surface area contributed by atoms with Gasteiger partial charge in [-0.05, 0) is 77.6 Å². The van der Waals surface area contributed by atoms with Gasteiger partial charge in [0.05, 0.1) is 15.9 Å². The highest BCUT2D eigenvalue weighted by Gasteiger charge is 2.24. The largest absolute Gasteiger partial charge is 0.488 e. The van der Waals surface area contributed by atoms with Gasteiger partial charge in [0.2, 0.25) is 9.84 Å². The number of carboxylic acids is 1. The van der Waals surface area contributed by atoms with Crippen molar-refractivity contribution >= 4 is 15.8 Å². The van der Waals surface area contributed by atoms with Gasteiger partial charge in [0.1, 0.15) is 23.7 Å². The molecular weight excluding hydrogens is 617 g/mol. The summed E-state index contributed by atoms with van der Waals surface area (Å²) < 4.78 is 46.9. The zero-order valence-corrected chi connectivity index (χ0v) is 26.7. The molecule has 0 unspecified atom stereocenters. The second-order valence-corrected chi connectivity index (χ2v) is 13.3. The molecule has 0 saturated heterocycles. The van der Waals surface area contributed by atoms with Gasteiger partial charge in [0.25, 0.3) is 0 Å². The summed E-state index contributed by atoms with van der Waals surface area (Å²) in [6.45, 7) is 3.17. The molecule has 0 heterocycles. The zero-order valence-electron chi connectivity index (χ0n) is 25.9. The van der Waals surface area contributed by atoms with Gasteiger partial charge in [-0.25, -0.2) is 17.6 Å². The summed E-state index contributed by atoms with van der Waals surface area (Å²) >= 11 is 0. The molecule has 0 aromatic heterocycles. The fourth-order valence-corrected chi connectivity index (χ4v) is 6.75. The predicted octanol–water partition coefficient (Wildman–Crippen LogP) is 7.02. The molecule has 0 saturated carbocycles. The van der Waals surface area contributed by atoms with E-state index in [0.717, 1.165) is 22.8 Å². The molecule has 5 aromatic carbocycles. The van der Waals surface area contributed by atoms with Crippen LogP contribution in [-0.2, 0) is 29.4 Å². The number of hydrogen-bond acceptors (Lipinski definition) is 6. The third kappa shape index (κ3) is 8.71. The van der Waals surface area contributed by atoms with Crippen molar-refractivity contribution in [2.24, 2.45) is 0 Å². The number of carbonyl (C=O) groups is 1. The van der Waals surface area contributed by atoms with Crippen molar-refractivity contribution in [1.29, 1.82) is 0 Å². The molecule has 5 aromatic rings. The number of halogens is 1. The molecule has 5 rings (SSSR count). The Labute approximate surface area is 274 Å². The van der Waals surface area contributed by atoms with Crippen LogP contribution in [0, 0.1) is 12.7 Å². The topological polar surface area (TPSA) is 104 Å². The van der Waals surface area contributed by atoms with Crippen molar-refractivity contribution in [2.45, 2.75) is 42.4 Å². The van der Waals surface area contributed by atoms with Crippen molar-refractivity contribution in [3.63, 3.8) is 0 Å². The van der Waals surface area contributed by atoms with Gasteiger partial charge < -0.3 is 14.9 Å². The minimum atomic E-state index is -4.03. The summed E-state index contributed by atoms with van der Waals surface area (Å²) in [7, 11) is -4.03. The molecule has 7 nitrogen and oxygen atoms in total. The molecule has 0 radical (unpaired) electrons. The van der Waals surface area contributed by atoms with Crippen LogP contribution in [0.25, 0.3) is 0 Å². The Kier molecular flexibility index (Phi) is 10.8. The number of nitrogens with zero attached hydrogens (tertiary/aromatic N) is 1. The normalized spacial score (nSPS) is 12.2. The number of rotatable bonds is 14. The van der Waals surface area contributed by atoms with Crippen LogP contribution < -0.4 is 4.74 Å². The Balaban J connectivity index is 1.30. The lowest BCUT2D eigenvalue weighted by atomic mass is 10.1. The first-order chi connectivity index (χ1) is 22.6. The van der Waals surface area contributed by atoms with E-state index in [2.05, 4.69) is 4.90 Å². The van der Waals surface area contributed by atoms with E-state index in [1.54, 1.807) is 31.2 Å². The predicted molar refractivity (Wildman–Crippen MR) is 178 cm³/mol. The second-order valence-electron chi connectivity index (χ2n) is 11.4. The smallest absolute Gasteiger partial charge is 0.339 e. The fraction of sp³-hybridized carbons (Fsp3) is 0.184. The monoisotopic (exact) mass is 653 g/mol. The highest BCUT2D eigenvalue weighted by atomic mass is 32.2. The Morgan fingerprint density at radius 1 is 0.809 bits per heavy atom. The molecule has 9 heteroatoms. The Morgan fingerprint density at radius 3 is 2.11 bits per heavy atom. The number of aliphatic hydroxyl groups excluding tert-OH is 1. The van der Waals surface area contributed by atoms with Crippen LogP contribution in [0.2, 0.25) is 0 Å². The zero-order chi connectivity index (χ0) is 33.4. The van der Waals surface area contributed by atoms with Gasteiger partial charge in [-0.3, -0.25) is 4.90 Å². The van der Waals surface area contributed by atoms with Crippen LogP contribution >= 0.6 is 0 Å². The first kappa shape index (κ1) is 33.5. The van der Waals surface area contributed by atoms with Gasteiger partial charge in [-0.1, -0.05) is 84.9 Å². The quantitative estimate of drug-likeness (QED) is 0.133. The first-order valence-corrected chi connectivity index (χ1v) is 16.7. The van der Waals surface area contributed by atoms with Crippen LogP contribution in [0.15, 0.2) is 131 Å². The van der Waals surface area contributed by atoms with Gasteiger partial charge in [-0.2, -0.15) is 0 Å². The summed E-state index contributed by atoms with van der Waals surface area (Å²) in [5.41, 5.74) is 3.47. The van der Waals surface area contributed by atoms with Crippen LogP contribution in [0.3, 0.4) is 0 Å². The summed E-state index contributed by atoms with van der Waals surface area (Å²) in [5.74, 6) is -1.57. The molecule has 0 fully saturated rings. The summed E-state index contributed by atoms with van der Waals surface area (Å²) in [5, 5.41) is 20.8. The van der Waals surface area contributed by atoms with Gasteiger partial charge >= 0.3 is 5.97 Å². The highest BCUT2D eigenvalue weighted by molar-refractivity contribution is 7.91. The lowest BCUT2D eigenvalue weighted by Crippen LogP contribution is -2.30. The van der Waals surface area contributed by atoms with Crippen molar-refractivity contribution < 1.29 is 32.6 Å². The first-order valence-electron chi connectivity index (χ1n) is 15.2. The van der Waals surface area contributed by atoms with Gasteiger partial charge in [-0.15, -0.1) is 0 Å². The maximum Gasteiger partial charge on any atom is 0.339 e. The molecule has 0 bridgehead atoms. The molecule has 0 aliphatic heterocycles. The number of carboxylic acid groups (broad SMARTS) is 1. The summed E-state index contributed by atoms with van der Waals surface area (Å²) in [4.78, 5) is 14.1. The molecular formula is C38H36FNO6S. The number of ether oxygens (including phenoxy) is 1. The van der Waals surface area contributed by atoms with E-state index in [4.69, 9.17) is 4.74 Å². The van der Waals surface area contributed by atoms with E-state index in [9.17, 15) is 27.8 Å². The second kappa shape index (κ2) is 15.2. The minimum absolute atomic E-state index is 0.0395. The Bertz CT molecular complexity index is 1920. The van der Waals surface area contributed by atoms with E-state index in [1.807, 2.05) is 60.7 Å². The van der Waals surface area contributed by atoms with Gasteiger partial charge in [0.15, 0.2) is 0 Å². The lowest BCUT2D eigenvalue weighted by Gasteiger charge is -2.25. The molecule has 0 spiro atoms. The maximum absolute atomic E-state index is 13.8. The highest BCUT2D eigenvalue weighted by Crippen LogP contribution is 2.31.